The van der Waals surface area contributed by atoms with Crippen molar-refractivity contribution in [2.45, 2.75) is 39.0 Å². The molecule has 0 aromatic heterocycles. The van der Waals surface area contributed by atoms with Crippen molar-refractivity contribution in [3.63, 3.8) is 0 Å². The minimum absolute atomic E-state index is 0.247. The van der Waals surface area contributed by atoms with E-state index < -0.39 is 5.97 Å². The number of esters is 2. The van der Waals surface area contributed by atoms with Crippen LogP contribution in [-0.4, -0.2) is 18.5 Å². The van der Waals surface area contributed by atoms with Crippen molar-refractivity contribution in [1.29, 1.82) is 0 Å². The van der Waals surface area contributed by atoms with Gasteiger partial charge in [0.15, 0.2) is 0 Å². The van der Waals surface area contributed by atoms with E-state index in [2.05, 4.69) is 6.92 Å². The third-order valence-electron chi connectivity index (χ3n) is 5.38. The molecule has 0 spiro atoms. The van der Waals surface area contributed by atoms with Gasteiger partial charge in [0.05, 0.1) is 18.6 Å². The van der Waals surface area contributed by atoms with Crippen molar-refractivity contribution >= 4 is 11.9 Å². The Hall–Kier alpha value is -3.60. The molecule has 0 atom stereocenters. The fraction of sp³-hybridized carbons (Fsp3) is 0.259. The molecule has 3 aromatic carbocycles. The Morgan fingerprint density at radius 2 is 1.56 bits per heavy atom. The minimum atomic E-state index is -0.465. The Morgan fingerprint density at radius 3 is 2.28 bits per heavy atom. The third kappa shape index (κ3) is 5.35. The predicted molar refractivity (Wildman–Crippen MR) is 122 cm³/mol. The molecule has 3 aromatic rings. The zero-order valence-corrected chi connectivity index (χ0v) is 18.1. The molecule has 32 heavy (non-hydrogen) atoms. The van der Waals surface area contributed by atoms with E-state index in [1.54, 1.807) is 30.3 Å². The molecular weight excluding hydrogens is 404 g/mol. The molecule has 164 valence electrons. The summed E-state index contributed by atoms with van der Waals surface area (Å²) >= 11 is 0. The lowest BCUT2D eigenvalue weighted by atomic mass is 10.0. The van der Waals surface area contributed by atoms with Crippen LogP contribution >= 0.6 is 0 Å². The largest absolute Gasteiger partial charge is 0.494 e. The number of hydrogen-bond donors (Lipinski definition) is 0. The summed E-state index contributed by atoms with van der Waals surface area (Å²) in [5.41, 5.74) is 3.29. The van der Waals surface area contributed by atoms with Crippen LogP contribution in [0.4, 0.5) is 0 Å². The zero-order chi connectivity index (χ0) is 22.3. The van der Waals surface area contributed by atoms with Gasteiger partial charge < -0.3 is 14.2 Å². The quantitative estimate of drug-likeness (QED) is 0.237. The molecule has 5 nitrogen and oxygen atoms in total. The highest BCUT2D eigenvalue weighted by atomic mass is 16.5. The van der Waals surface area contributed by atoms with Gasteiger partial charge in [-0.25, -0.2) is 4.79 Å². The number of rotatable bonds is 9. The average Bonchev–Trinajstić information content (AvgIpc) is 3.19. The van der Waals surface area contributed by atoms with Crippen LogP contribution in [0, 0.1) is 0 Å². The first-order valence-electron chi connectivity index (χ1n) is 11.0. The maximum Gasteiger partial charge on any atom is 0.343 e. The lowest BCUT2D eigenvalue weighted by Crippen LogP contribution is -2.08. The highest BCUT2D eigenvalue weighted by Gasteiger charge is 2.21. The van der Waals surface area contributed by atoms with Gasteiger partial charge >= 0.3 is 11.9 Å². The van der Waals surface area contributed by atoms with Gasteiger partial charge in [-0.3, -0.25) is 4.79 Å². The van der Waals surface area contributed by atoms with Crippen molar-refractivity contribution in [3.8, 4) is 28.4 Å². The molecule has 1 aliphatic heterocycles. The number of ether oxygens (including phenoxy) is 3. The van der Waals surface area contributed by atoms with Crippen LogP contribution in [0.3, 0.4) is 0 Å². The lowest BCUT2D eigenvalue weighted by Gasteiger charge is -2.08. The van der Waals surface area contributed by atoms with Crippen LogP contribution in [0.25, 0.3) is 11.1 Å². The van der Waals surface area contributed by atoms with E-state index in [0.717, 1.165) is 35.5 Å². The van der Waals surface area contributed by atoms with Gasteiger partial charge in [0.2, 0.25) is 0 Å². The number of fused-ring (bicyclic) bond motifs is 1. The monoisotopic (exact) mass is 430 g/mol. The Balaban J connectivity index is 1.34. The van der Waals surface area contributed by atoms with Crippen molar-refractivity contribution in [2.75, 3.05) is 6.61 Å². The standard InChI is InChI=1S/C27H26O5/c1-2-3-4-5-16-30-23-13-10-20(11-14-23)19-6-8-21(9-7-19)27(29)31-24-15-12-22-17-26(28)32-25(22)18-24/h6-15,18H,2-5,16-17H2,1H3. The van der Waals surface area contributed by atoms with Crippen LogP contribution in [0.5, 0.6) is 17.2 Å². The number of carbonyl (C=O) groups is 2. The molecule has 0 saturated heterocycles. The molecule has 1 aliphatic rings. The highest BCUT2D eigenvalue weighted by molar-refractivity contribution is 5.92. The van der Waals surface area contributed by atoms with Crippen LogP contribution in [0.15, 0.2) is 66.7 Å². The van der Waals surface area contributed by atoms with Gasteiger partial charge in [-0.05, 0) is 47.9 Å². The molecule has 0 bridgehead atoms. The molecule has 0 saturated carbocycles. The van der Waals surface area contributed by atoms with E-state index in [-0.39, 0.29) is 12.4 Å². The average molecular weight is 431 g/mol. The second kappa shape index (κ2) is 10.1. The first kappa shape index (κ1) is 21.6. The molecule has 0 N–H and O–H groups in total. The molecular formula is C27H26O5. The van der Waals surface area contributed by atoms with Crippen LogP contribution in [0.1, 0.15) is 48.5 Å². The summed E-state index contributed by atoms with van der Waals surface area (Å²) in [6.07, 6.45) is 4.98. The molecule has 0 unspecified atom stereocenters. The Kier molecular flexibility index (Phi) is 6.85. The van der Waals surface area contributed by atoms with Crippen LogP contribution in [-0.2, 0) is 11.2 Å². The maximum absolute atomic E-state index is 12.5. The minimum Gasteiger partial charge on any atom is -0.494 e. The summed E-state index contributed by atoms with van der Waals surface area (Å²) in [5.74, 6) is 0.894. The molecule has 1 heterocycles. The molecule has 0 amide bonds. The fourth-order valence-corrected chi connectivity index (χ4v) is 3.58. The van der Waals surface area contributed by atoms with E-state index >= 15 is 0 Å². The summed E-state index contributed by atoms with van der Waals surface area (Å²) < 4.78 is 16.3. The summed E-state index contributed by atoms with van der Waals surface area (Å²) in [7, 11) is 0. The van der Waals surface area contributed by atoms with E-state index in [4.69, 9.17) is 14.2 Å². The Morgan fingerprint density at radius 1 is 0.875 bits per heavy atom. The van der Waals surface area contributed by atoms with Gasteiger partial charge in [0, 0.05) is 11.6 Å². The summed E-state index contributed by atoms with van der Waals surface area (Å²) in [6.45, 7) is 2.94. The highest BCUT2D eigenvalue weighted by Crippen LogP contribution is 2.30. The smallest absolute Gasteiger partial charge is 0.343 e. The number of unbranched alkanes of at least 4 members (excludes halogenated alkanes) is 3. The number of carbonyl (C=O) groups excluding carboxylic acids is 2. The van der Waals surface area contributed by atoms with Gasteiger partial charge in [-0.15, -0.1) is 0 Å². The zero-order valence-electron chi connectivity index (χ0n) is 18.1. The molecule has 4 rings (SSSR count). The van der Waals surface area contributed by atoms with E-state index in [1.165, 1.54) is 19.3 Å². The summed E-state index contributed by atoms with van der Waals surface area (Å²) in [4.78, 5) is 23.9. The predicted octanol–water partition coefficient (Wildman–Crippen LogP) is 5.99. The molecule has 0 radical (unpaired) electrons. The first-order valence-corrected chi connectivity index (χ1v) is 11.0. The molecule has 0 aliphatic carbocycles. The summed E-state index contributed by atoms with van der Waals surface area (Å²) in [6, 6.07) is 20.2. The van der Waals surface area contributed by atoms with Crippen LogP contribution in [0.2, 0.25) is 0 Å². The first-order chi connectivity index (χ1) is 15.6. The van der Waals surface area contributed by atoms with Crippen molar-refractivity contribution < 1.29 is 23.8 Å². The van der Waals surface area contributed by atoms with E-state index in [1.807, 2.05) is 36.4 Å². The SMILES string of the molecule is CCCCCCOc1ccc(-c2ccc(C(=O)Oc3ccc4c(c3)OC(=O)C4)cc2)cc1. The summed E-state index contributed by atoms with van der Waals surface area (Å²) in [5, 5.41) is 0. The Bertz CT molecular complexity index is 1080. The Labute approximate surface area is 187 Å². The maximum atomic E-state index is 12.5. The van der Waals surface area contributed by atoms with Crippen molar-refractivity contribution in [3.05, 3.63) is 77.9 Å². The fourth-order valence-electron chi connectivity index (χ4n) is 3.58. The lowest BCUT2D eigenvalue weighted by molar-refractivity contribution is -0.131. The molecule has 5 heteroatoms. The molecule has 0 fully saturated rings. The second-order valence-corrected chi connectivity index (χ2v) is 7.82. The van der Waals surface area contributed by atoms with Gasteiger partial charge in [-0.2, -0.15) is 0 Å². The van der Waals surface area contributed by atoms with E-state index in [0.29, 0.717) is 17.1 Å². The van der Waals surface area contributed by atoms with E-state index in [9.17, 15) is 9.59 Å². The second-order valence-electron chi connectivity index (χ2n) is 7.82. The van der Waals surface area contributed by atoms with Gasteiger partial charge in [-0.1, -0.05) is 56.5 Å². The number of hydrogen-bond acceptors (Lipinski definition) is 5. The number of benzene rings is 3. The van der Waals surface area contributed by atoms with Gasteiger partial charge in [0.25, 0.3) is 0 Å². The normalized spacial score (nSPS) is 12.2. The van der Waals surface area contributed by atoms with Gasteiger partial charge in [0.1, 0.15) is 17.2 Å². The topological polar surface area (TPSA) is 61.8 Å². The van der Waals surface area contributed by atoms with Crippen LogP contribution < -0.4 is 14.2 Å². The van der Waals surface area contributed by atoms with Crippen molar-refractivity contribution in [1.82, 2.24) is 0 Å². The van der Waals surface area contributed by atoms with Crippen molar-refractivity contribution in [2.24, 2.45) is 0 Å². The third-order valence-corrected chi connectivity index (χ3v) is 5.38.